The summed E-state index contributed by atoms with van der Waals surface area (Å²) in [6, 6.07) is 0. The minimum Gasteiger partial charge on any atom is -0.386 e. The van der Waals surface area contributed by atoms with Crippen molar-refractivity contribution in [3.05, 3.63) is 23.4 Å². The van der Waals surface area contributed by atoms with Crippen LogP contribution in [0.3, 0.4) is 0 Å². The van der Waals surface area contributed by atoms with E-state index in [1.807, 2.05) is 0 Å². The molecule has 0 saturated carbocycles. The summed E-state index contributed by atoms with van der Waals surface area (Å²) in [6.45, 7) is 0.443. The van der Waals surface area contributed by atoms with E-state index in [4.69, 9.17) is 0 Å². The number of likely N-dealkylation sites (N-methyl/N-ethyl adjacent to an activating group) is 1. The van der Waals surface area contributed by atoms with Gasteiger partial charge in [0.2, 0.25) is 11.6 Å². The maximum absolute atomic E-state index is 11.0. The second-order valence-electron chi connectivity index (χ2n) is 3.25. The lowest BCUT2D eigenvalue weighted by Gasteiger charge is -2.13. The first-order valence-corrected chi connectivity index (χ1v) is 4.01. The first kappa shape index (κ1) is 8.19. The van der Waals surface area contributed by atoms with Crippen LogP contribution >= 0.6 is 0 Å². The molecule has 1 N–H and O–H groups in total. The second kappa shape index (κ2) is 2.53. The summed E-state index contributed by atoms with van der Waals surface area (Å²) >= 11 is 0. The molecule has 1 aliphatic carbocycles. The number of hydrogen-bond donors (Lipinski definition) is 1. The molecule has 0 aromatic heterocycles. The van der Waals surface area contributed by atoms with Crippen LogP contribution in [0.1, 0.15) is 0 Å². The number of fused-ring (bicyclic) bond motifs is 1. The van der Waals surface area contributed by atoms with E-state index in [1.54, 1.807) is 11.9 Å². The summed E-state index contributed by atoms with van der Waals surface area (Å²) in [7, 11) is 1.78. The van der Waals surface area contributed by atoms with Crippen LogP contribution in [0, 0.1) is 0 Å². The van der Waals surface area contributed by atoms with Gasteiger partial charge in [-0.15, -0.1) is 0 Å². The molecule has 1 fully saturated rings. The Bertz CT molecular complexity index is 320. The number of allylic oxidation sites excluding steroid dienone is 2. The number of β-amino-alcohol motifs (C(OH)–C–C–N with tert-alkyl or cyclic N) is 1. The second-order valence-corrected chi connectivity index (χ2v) is 3.25. The largest absolute Gasteiger partial charge is 0.386 e. The van der Waals surface area contributed by atoms with Gasteiger partial charge in [0.05, 0.1) is 6.10 Å². The number of hydrogen-bond acceptors (Lipinski definition) is 4. The maximum Gasteiger partial charge on any atom is 0.227 e. The van der Waals surface area contributed by atoms with Gasteiger partial charge in [0, 0.05) is 30.9 Å². The number of likely N-dealkylation sites (tertiary alicyclic amines) is 1. The molecule has 1 heterocycles. The van der Waals surface area contributed by atoms with Gasteiger partial charge in [0.25, 0.3) is 0 Å². The zero-order valence-electron chi connectivity index (χ0n) is 7.15. The van der Waals surface area contributed by atoms with Crippen molar-refractivity contribution in [3.63, 3.8) is 0 Å². The van der Waals surface area contributed by atoms with Crippen LogP contribution in [0.4, 0.5) is 0 Å². The molecule has 0 unspecified atom stereocenters. The van der Waals surface area contributed by atoms with Crippen LogP contribution in [0.2, 0.25) is 0 Å². The zero-order valence-corrected chi connectivity index (χ0v) is 7.15. The van der Waals surface area contributed by atoms with Gasteiger partial charge in [-0.3, -0.25) is 9.59 Å². The number of carbonyl (C=O) groups excluding carboxylic acids is 2. The van der Waals surface area contributed by atoms with E-state index >= 15 is 0 Å². The fourth-order valence-corrected chi connectivity index (χ4v) is 1.62. The minimum absolute atomic E-state index is 0.443. The molecule has 0 radical (unpaired) electrons. The quantitative estimate of drug-likeness (QED) is 0.393. The van der Waals surface area contributed by atoms with Gasteiger partial charge in [-0.25, -0.2) is 0 Å². The molecule has 0 bridgehead atoms. The van der Waals surface area contributed by atoms with Crippen molar-refractivity contribution < 1.29 is 14.7 Å². The van der Waals surface area contributed by atoms with Crippen LogP contribution in [-0.4, -0.2) is 41.3 Å². The van der Waals surface area contributed by atoms with E-state index in [0.29, 0.717) is 17.8 Å². The molecule has 68 valence electrons. The number of nitrogens with zero attached hydrogens (tertiary/aromatic N) is 1. The number of aliphatic hydroxyl groups excluding tert-OH is 1. The summed E-state index contributed by atoms with van der Waals surface area (Å²) in [4.78, 5) is 23.8. The third-order valence-electron chi connectivity index (χ3n) is 2.31. The molecule has 4 nitrogen and oxygen atoms in total. The number of ketones is 2. The van der Waals surface area contributed by atoms with Crippen LogP contribution in [0.5, 0.6) is 0 Å². The van der Waals surface area contributed by atoms with Crippen LogP contribution in [-0.2, 0) is 9.59 Å². The summed E-state index contributed by atoms with van der Waals surface area (Å²) in [5.74, 6) is -1.06. The lowest BCUT2D eigenvalue weighted by Crippen LogP contribution is -2.18. The van der Waals surface area contributed by atoms with Crippen molar-refractivity contribution >= 4 is 11.6 Å². The van der Waals surface area contributed by atoms with Crippen LogP contribution in [0.15, 0.2) is 23.4 Å². The molecule has 0 aromatic rings. The standard InChI is InChI=1S/C9H9NO3/c1-10-4-9(13)5-2-7(11)8(12)3-6(5)10/h2-3,9,13H,4H2,1H3/t9-/m0/s1. The lowest BCUT2D eigenvalue weighted by atomic mass is 10.0. The molecule has 0 spiro atoms. The third kappa shape index (κ3) is 1.10. The summed E-state index contributed by atoms with van der Waals surface area (Å²) in [5, 5.41) is 9.48. The SMILES string of the molecule is CN1C[C@H](O)C2=CC(=O)C(=O)C=C21. The lowest BCUT2D eigenvalue weighted by molar-refractivity contribution is -0.131. The minimum atomic E-state index is -0.645. The highest BCUT2D eigenvalue weighted by molar-refractivity contribution is 6.46. The van der Waals surface area contributed by atoms with Gasteiger partial charge in [-0.1, -0.05) is 0 Å². The molecule has 1 saturated heterocycles. The topological polar surface area (TPSA) is 57.6 Å². The molecule has 0 aromatic carbocycles. The fourth-order valence-electron chi connectivity index (χ4n) is 1.62. The molecule has 1 atom stereocenters. The van der Waals surface area contributed by atoms with Crippen LogP contribution in [0.25, 0.3) is 0 Å². The maximum atomic E-state index is 11.0. The summed E-state index contributed by atoms with van der Waals surface area (Å²) in [6.07, 6.45) is 1.87. The molecule has 0 amide bonds. The van der Waals surface area contributed by atoms with Gasteiger partial charge in [-0.2, -0.15) is 0 Å². The van der Waals surface area contributed by atoms with Gasteiger partial charge in [0.1, 0.15) is 0 Å². The van der Waals surface area contributed by atoms with Crippen molar-refractivity contribution in [2.75, 3.05) is 13.6 Å². The van der Waals surface area contributed by atoms with E-state index in [-0.39, 0.29) is 0 Å². The molecule has 2 rings (SSSR count). The van der Waals surface area contributed by atoms with E-state index in [0.717, 1.165) is 0 Å². The average molecular weight is 179 g/mol. The van der Waals surface area contributed by atoms with Gasteiger partial charge in [0.15, 0.2) is 0 Å². The Hall–Kier alpha value is -1.42. The van der Waals surface area contributed by atoms with E-state index in [2.05, 4.69) is 0 Å². The van der Waals surface area contributed by atoms with E-state index < -0.39 is 17.7 Å². The Balaban J connectivity index is 2.47. The molecule has 4 heteroatoms. The first-order valence-electron chi connectivity index (χ1n) is 4.01. The predicted octanol–water partition coefficient (Wildman–Crippen LogP) is -0.745. The Morgan fingerprint density at radius 1 is 1.38 bits per heavy atom. The molecule has 13 heavy (non-hydrogen) atoms. The van der Waals surface area contributed by atoms with Crippen molar-refractivity contribution in [2.24, 2.45) is 0 Å². The average Bonchev–Trinajstić information content (AvgIpc) is 2.31. The Kier molecular flexibility index (Phi) is 1.60. The highest BCUT2D eigenvalue weighted by atomic mass is 16.3. The number of aliphatic hydroxyl groups is 1. The normalized spacial score (nSPS) is 27.2. The van der Waals surface area contributed by atoms with E-state index in [9.17, 15) is 14.7 Å². The van der Waals surface area contributed by atoms with Gasteiger partial charge in [-0.05, 0) is 6.08 Å². The van der Waals surface area contributed by atoms with Crippen molar-refractivity contribution in [2.45, 2.75) is 6.10 Å². The number of rotatable bonds is 0. The van der Waals surface area contributed by atoms with Crippen molar-refractivity contribution in [3.8, 4) is 0 Å². The monoisotopic (exact) mass is 179 g/mol. The Morgan fingerprint density at radius 3 is 2.69 bits per heavy atom. The summed E-state index contributed by atoms with van der Waals surface area (Å²) < 4.78 is 0. The van der Waals surface area contributed by atoms with Crippen LogP contribution < -0.4 is 0 Å². The number of carbonyl (C=O) groups is 2. The van der Waals surface area contributed by atoms with Gasteiger partial charge >= 0.3 is 0 Å². The van der Waals surface area contributed by atoms with E-state index in [1.165, 1.54) is 12.2 Å². The highest BCUT2D eigenvalue weighted by Gasteiger charge is 2.32. The fraction of sp³-hybridized carbons (Fsp3) is 0.333. The smallest absolute Gasteiger partial charge is 0.227 e. The third-order valence-corrected chi connectivity index (χ3v) is 2.31. The predicted molar refractivity (Wildman–Crippen MR) is 44.8 cm³/mol. The highest BCUT2D eigenvalue weighted by Crippen LogP contribution is 2.28. The van der Waals surface area contributed by atoms with Gasteiger partial charge < -0.3 is 10.0 Å². The Labute approximate surface area is 75.1 Å². The summed E-state index contributed by atoms with van der Waals surface area (Å²) in [5.41, 5.74) is 1.23. The molecular weight excluding hydrogens is 170 g/mol. The molecule has 1 aliphatic heterocycles. The Morgan fingerprint density at radius 2 is 2.00 bits per heavy atom. The molecule has 2 aliphatic rings. The zero-order chi connectivity index (χ0) is 9.59. The molecular formula is C9H9NO3. The van der Waals surface area contributed by atoms with Crippen molar-refractivity contribution in [1.82, 2.24) is 4.90 Å². The first-order chi connectivity index (χ1) is 6.09. The van der Waals surface area contributed by atoms with Crippen molar-refractivity contribution in [1.29, 1.82) is 0 Å².